The van der Waals surface area contributed by atoms with Gasteiger partial charge in [0.2, 0.25) is 15.9 Å². The van der Waals surface area contributed by atoms with Crippen molar-refractivity contribution >= 4 is 57.1 Å². The molecule has 4 aliphatic rings. The molecule has 0 aromatic heterocycles. The molecule has 17 heteroatoms. The van der Waals surface area contributed by atoms with E-state index in [2.05, 4.69) is 20.1 Å². The normalized spacial score (nSPS) is 23.6. The summed E-state index contributed by atoms with van der Waals surface area (Å²) in [7, 11) is -3.94. The van der Waals surface area contributed by atoms with Gasteiger partial charge in [-0.1, -0.05) is 61.5 Å². The van der Waals surface area contributed by atoms with Crippen LogP contribution in [0.15, 0.2) is 46.2 Å². The summed E-state index contributed by atoms with van der Waals surface area (Å²) < 4.78 is 49.8. The van der Waals surface area contributed by atoms with Gasteiger partial charge in [-0.2, -0.15) is 0 Å². The lowest BCUT2D eigenvalue weighted by atomic mass is 10.0. The number of carbonyl (C=O) groups is 3. The van der Waals surface area contributed by atoms with Gasteiger partial charge in [0.15, 0.2) is 5.79 Å². The van der Waals surface area contributed by atoms with Crippen molar-refractivity contribution in [2.45, 2.75) is 131 Å². The monoisotopic (exact) mass is 821 g/mol. The number of carboxylic acid groups (broad SMARTS) is 1. The number of anilines is 1. The smallest absolute Gasteiger partial charge is 0.326 e. The molecule has 1 amide bonds. The highest BCUT2D eigenvalue weighted by Crippen LogP contribution is 2.38. The first kappa shape index (κ1) is 41.7. The van der Waals surface area contributed by atoms with Crippen molar-refractivity contribution in [2.75, 3.05) is 25.1 Å². The van der Waals surface area contributed by atoms with Crippen molar-refractivity contribution in [3.8, 4) is 0 Å². The zero-order chi connectivity index (χ0) is 39.3. The first-order valence-corrected chi connectivity index (χ1v) is 21.7. The Balaban J connectivity index is 1.04. The molecule has 1 aliphatic carbocycles. The van der Waals surface area contributed by atoms with Gasteiger partial charge in [0.1, 0.15) is 29.7 Å². The van der Waals surface area contributed by atoms with E-state index < -0.39 is 57.9 Å². The minimum atomic E-state index is -3.94. The number of carboxylic acids is 1. The fourth-order valence-electron chi connectivity index (χ4n) is 7.67. The molecule has 0 bridgehead atoms. The lowest BCUT2D eigenvalue weighted by Crippen LogP contribution is -2.53. The van der Waals surface area contributed by atoms with Crippen molar-refractivity contribution in [1.82, 2.24) is 19.7 Å². The number of nitrogens with one attached hydrogen (secondary N) is 4. The van der Waals surface area contributed by atoms with Crippen LogP contribution in [-0.2, 0) is 51.6 Å². The molecule has 2 unspecified atom stereocenters. The molecule has 3 aliphatic heterocycles. The van der Waals surface area contributed by atoms with Gasteiger partial charge in [0.25, 0.3) is 0 Å². The molecule has 6 rings (SSSR count). The molecular formula is C38H52ClN5O9S2. The second kappa shape index (κ2) is 18.1. The predicted octanol–water partition coefficient (Wildman–Crippen LogP) is 4.80. The van der Waals surface area contributed by atoms with Crippen LogP contribution < -0.4 is 20.1 Å². The second-order valence-electron chi connectivity index (χ2n) is 15.3. The van der Waals surface area contributed by atoms with Gasteiger partial charge in [-0.3, -0.25) is 14.9 Å². The van der Waals surface area contributed by atoms with Gasteiger partial charge in [0.05, 0.1) is 29.5 Å². The Hall–Kier alpha value is -2.96. The molecule has 2 saturated heterocycles. The first-order chi connectivity index (χ1) is 26.2. The van der Waals surface area contributed by atoms with Crippen molar-refractivity contribution in [1.29, 1.82) is 0 Å². The Bertz CT molecular complexity index is 1810. The number of aryl methyl sites for hydroxylation is 1. The number of sulfonamides is 1. The van der Waals surface area contributed by atoms with Crippen molar-refractivity contribution in [3.63, 3.8) is 0 Å². The van der Waals surface area contributed by atoms with E-state index in [1.165, 1.54) is 42.5 Å². The lowest BCUT2D eigenvalue weighted by Gasteiger charge is -2.29. The Kier molecular flexibility index (Phi) is 13.7. The number of fused-ring (bicyclic) bond motifs is 1. The first-order valence-electron chi connectivity index (χ1n) is 19.0. The van der Waals surface area contributed by atoms with E-state index in [0.29, 0.717) is 31.7 Å². The molecule has 3 fully saturated rings. The number of carbonyl (C=O) groups excluding carboxylic acids is 2. The van der Waals surface area contributed by atoms with Crippen LogP contribution in [0.5, 0.6) is 0 Å². The number of hydrogen-bond acceptors (Lipinski definition) is 12. The minimum absolute atomic E-state index is 0.00645. The summed E-state index contributed by atoms with van der Waals surface area (Å²) in [6, 6.07) is 8.00. The van der Waals surface area contributed by atoms with E-state index in [0.717, 1.165) is 28.1 Å². The Morgan fingerprint density at radius 1 is 1.11 bits per heavy atom. The number of benzene rings is 2. The Morgan fingerprint density at radius 3 is 2.53 bits per heavy atom. The molecule has 2 aromatic carbocycles. The number of aliphatic carboxylic acids is 1. The maximum absolute atomic E-state index is 13.4. The quantitative estimate of drug-likeness (QED) is 0.115. The molecule has 5 atom stereocenters. The molecular weight excluding hydrogens is 770 g/mol. The summed E-state index contributed by atoms with van der Waals surface area (Å²) in [5.41, 5.74) is 2.42. The highest BCUT2D eigenvalue weighted by atomic mass is 35.5. The third kappa shape index (κ3) is 10.9. The van der Waals surface area contributed by atoms with E-state index in [4.69, 9.17) is 25.8 Å². The number of halogens is 1. The summed E-state index contributed by atoms with van der Waals surface area (Å²) in [4.78, 5) is 40.5. The number of rotatable bonds is 16. The van der Waals surface area contributed by atoms with E-state index >= 15 is 0 Å². The number of hydrogen-bond donors (Lipinski definition) is 5. The molecule has 5 N–H and O–H groups in total. The van der Waals surface area contributed by atoms with Gasteiger partial charge in [-0.15, -0.1) is 0 Å². The standard InChI is InChI=1S/C38H52ClN5O9S2/c1-23(35(45)44-16-6-9-31(44)36(46)47)41-29(37(48)51-21-27-22-52-38(2,3)53-27)15-14-24-10-12-26(13-11-24)20-40-55(49,50)33-19-32-30(18-28(33)39)42-34(43-54-32)17-25-7-4-5-8-25/h10-13,18-19,23,25,27,29,31,34,40-43H,4-9,14-17,20-22H2,1-3H3,(H,46,47)/t23-,27?,29-,31-,34?/m0/s1. The summed E-state index contributed by atoms with van der Waals surface area (Å²) in [5.74, 6) is -2.10. The second-order valence-corrected chi connectivity index (χ2v) is 18.3. The van der Waals surface area contributed by atoms with Gasteiger partial charge in [-0.05, 0) is 94.0 Å². The van der Waals surface area contributed by atoms with E-state index in [9.17, 15) is 27.9 Å². The molecule has 55 heavy (non-hydrogen) atoms. The van der Waals surface area contributed by atoms with Crippen LogP contribution >= 0.6 is 23.5 Å². The van der Waals surface area contributed by atoms with Gasteiger partial charge < -0.3 is 29.5 Å². The van der Waals surface area contributed by atoms with Gasteiger partial charge in [0, 0.05) is 18.0 Å². The third-order valence-corrected chi connectivity index (χ3v) is 13.5. The summed E-state index contributed by atoms with van der Waals surface area (Å²) in [6.07, 6.45) is 7.39. The van der Waals surface area contributed by atoms with Crippen LogP contribution in [0.3, 0.4) is 0 Å². The molecule has 302 valence electrons. The van der Waals surface area contributed by atoms with Crippen LogP contribution in [0, 0.1) is 5.92 Å². The number of esters is 1. The Labute approximate surface area is 332 Å². The highest BCUT2D eigenvalue weighted by Gasteiger charge is 2.38. The number of likely N-dealkylation sites (tertiary alicyclic amines) is 1. The number of amides is 1. The molecule has 2 aromatic rings. The van der Waals surface area contributed by atoms with E-state index in [1.54, 1.807) is 32.9 Å². The molecule has 0 radical (unpaired) electrons. The Morgan fingerprint density at radius 2 is 1.84 bits per heavy atom. The lowest BCUT2D eigenvalue weighted by molar-refractivity contribution is -0.160. The van der Waals surface area contributed by atoms with Gasteiger partial charge >= 0.3 is 11.9 Å². The van der Waals surface area contributed by atoms with Crippen molar-refractivity contribution in [3.05, 3.63) is 52.5 Å². The van der Waals surface area contributed by atoms with E-state index in [1.807, 2.05) is 24.3 Å². The predicted molar refractivity (Wildman–Crippen MR) is 208 cm³/mol. The molecule has 14 nitrogen and oxygen atoms in total. The SMILES string of the molecule is C[C@H](N[C@@H](CCc1ccc(CNS(=O)(=O)c2cc3c(cc2Cl)NC(CC2CCCC2)NS3)cc1)C(=O)OCC1COC(C)(C)O1)C(=O)N1CCC[C@H]1C(=O)O. The van der Waals surface area contributed by atoms with Gasteiger partial charge in [-0.25, -0.2) is 22.7 Å². The fraction of sp³-hybridized carbons (Fsp3) is 0.605. The molecule has 3 heterocycles. The summed E-state index contributed by atoms with van der Waals surface area (Å²) in [6.45, 7) is 5.80. The van der Waals surface area contributed by atoms with Crippen molar-refractivity contribution in [2.24, 2.45) is 5.92 Å². The fourth-order valence-corrected chi connectivity index (χ4v) is 10.1. The number of ether oxygens (including phenoxy) is 3. The average Bonchev–Trinajstić information content (AvgIpc) is 3.93. The van der Waals surface area contributed by atoms with Crippen LogP contribution in [0.25, 0.3) is 0 Å². The zero-order valence-electron chi connectivity index (χ0n) is 31.5. The maximum atomic E-state index is 13.4. The maximum Gasteiger partial charge on any atom is 0.326 e. The van der Waals surface area contributed by atoms with Crippen molar-refractivity contribution < 1.29 is 42.1 Å². The third-order valence-electron chi connectivity index (χ3n) is 10.6. The highest BCUT2D eigenvalue weighted by molar-refractivity contribution is 7.97. The van der Waals surface area contributed by atoms with Crippen LogP contribution in [-0.4, -0.2) is 92.2 Å². The molecule has 0 spiro atoms. The summed E-state index contributed by atoms with van der Waals surface area (Å²) in [5, 5.41) is 16.3. The number of nitrogens with zero attached hydrogens (tertiary/aromatic N) is 1. The largest absolute Gasteiger partial charge is 0.480 e. The minimum Gasteiger partial charge on any atom is -0.480 e. The average molecular weight is 822 g/mol. The van der Waals surface area contributed by atoms with Crippen LogP contribution in [0.4, 0.5) is 5.69 Å². The van der Waals surface area contributed by atoms with E-state index in [-0.39, 0.29) is 42.3 Å². The molecule has 1 saturated carbocycles. The van der Waals surface area contributed by atoms with Crippen LogP contribution in [0.2, 0.25) is 5.02 Å². The summed E-state index contributed by atoms with van der Waals surface area (Å²) >= 11 is 7.95. The van der Waals surface area contributed by atoms with Crippen LogP contribution in [0.1, 0.15) is 83.3 Å². The zero-order valence-corrected chi connectivity index (χ0v) is 33.9. The topological polar surface area (TPSA) is 185 Å².